The van der Waals surface area contributed by atoms with E-state index in [1.165, 1.54) is 18.2 Å². The van der Waals surface area contributed by atoms with Crippen LogP contribution in [0, 0.1) is 12.7 Å². The summed E-state index contributed by atoms with van der Waals surface area (Å²) in [6, 6.07) is 4.28. The van der Waals surface area contributed by atoms with Crippen molar-refractivity contribution in [3.05, 3.63) is 46.1 Å². The van der Waals surface area contributed by atoms with E-state index in [2.05, 4.69) is 20.9 Å². The molecule has 3 rings (SSSR count). The molecule has 2 aromatic rings. The summed E-state index contributed by atoms with van der Waals surface area (Å²) < 4.78 is 42.4. The van der Waals surface area contributed by atoms with Gasteiger partial charge in [0.2, 0.25) is 5.03 Å². The highest BCUT2D eigenvalue weighted by molar-refractivity contribution is 9.10. The molecule has 1 N–H and O–H groups in total. The maximum absolute atomic E-state index is 13.5. The first-order valence-corrected chi connectivity index (χ1v) is 10.1. The van der Waals surface area contributed by atoms with Crippen molar-refractivity contribution < 1.29 is 22.7 Å². The van der Waals surface area contributed by atoms with Crippen LogP contribution < -0.4 is 0 Å². The second kappa shape index (κ2) is 6.75. The van der Waals surface area contributed by atoms with E-state index in [9.17, 15) is 22.7 Å². The van der Waals surface area contributed by atoms with Crippen LogP contribution in [-0.4, -0.2) is 45.9 Å². The smallest absolute Gasteiger partial charge is 0.322 e. The van der Waals surface area contributed by atoms with E-state index in [1.807, 2.05) is 0 Å². The summed E-state index contributed by atoms with van der Waals surface area (Å²) in [5, 5.41) is 9.47. The number of rotatable bonds is 4. The van der Waals surface area contributed by atoms with Crippen molar-refractivity contribution in [1.29, 1.82) is 0 Å². The fourth-order valence-electron chi connectivity index (χ4n) is 3.24. The number of imidazole rings is 1. The molecule has 1 aliphatic heterocycles. The van der Waals surface area contributed by atoms with E-state index in [1.54, 1.807) is 24.6 Å². The number of aryl methyl sites for hydroxylation is 1. The number of aliphatic carboxylic acids is 1. The summed E-state index contributed by atoms with van der Waals surface area (Å²) in [7, 11) is -2.48. The van der Waals surface area contributed by atoms with Gasteiger partial charge in [0.05, 0.1) is 0 Å². The van der Waals surface area contributed by atoms with Gasteiger partial charge in [-0.25, -0.2) is 17.8 Å². The normalized spacial score (nSPS) is 21.2. The average molecular weight is 446 g/mol. The molecule has 2 heterocycles. The van der Waals surface area contributed by atoms with Crippen molar-refractivity contribution in [2.24, 2.45) is 7.05 Å². The molecule has 0 spiro atoms. The van der Waals surface area contributed by atoms with Gasteiger partial charge in [0.1, 0.15) is 22.3 Å². The van der Waals surface area contributed by atoms with Crippen molar-refractivity contribution >= 4 is 31.9 Å². The average Bonchev–Trinajstić information content (AvgIpc) is 3.13. The molecule has 0 amide bonds. The molecule has 1 aliphatic rings. The predicted molar refractivity (Wildman–Crippen MR) is 94.7 cm³/mol. The van der Waals surface area contributed by atoms with Crippen LogP contribution in [0.1, 0.15) is 23.7 Å². The number of aromatic nitrogens is 2. The van der Waals surface area contributed by atoms with Crippen molar-refractivity contribution in [2.75, 3.05) is 6.54 Å². The lowest BCUT2D eigenvalue weighted by Crippen LogP contribution is -2.42. The van der Waals surface area contributed by atoms with Crippen LogP contribution in [0.25, 0.3) is 0 Å². The number of carboxylic acids is 1. The number of benzene rings is 1. The van der Waals surface area contributed by atoms with Gasteiger partial charge in [0.15, 0.2) is 0 Å². The Balaban J connectivity index is 2.04. The maximum atomic E-state index is 13.5. The van der Waals surface area contributed by atoms with Crippen molar-refractivity contribution in [1.82, 2.24) is 13.9 Å². The summed E-state index contributed by atoms with van der Waals surface area (Å²) in [5.74, 6) is -1.93. The first-order valence-electron chi connectivity index (χ1n) is 7.83. The van der Waals surface area contributed by atoms with E-state index >= 15 is 0 Å². The Kier molecular flexibility index (Phi) is 4.93. The number of hydrogen-bond acceptors (Lipinski definition) is 4. The maximum Gasteiger partial charge on any atom is 0.322 e. The van der Waals surface area contributed by atoms with Gasteiger partial charge in [-0.05, 0) is 47.0 Å². The minimum atomic E-state index is -4.14. The highest BCUT2D eigenvalue weighted by Gasteiger charge is 2.47. The third-order valence-electron chi connectivity index (χ3n) is 4.65. The van der Waals surface area contributed by atoms with E-state index < -0.39 is 33.8 Å². The molecule has 0 saturated carbocycles. The largest absolute Gasteiger partial charge is 0.480 e. The predicted octanol–water partition coefficient (Wildman–Crippen LogP) is 2.26. The molecule has 7 nitrogen and oxygen atoms in total. The zero-order chi connectivity index (χ0) is 19.2. The number of nitrogens with zero attached hydrogens (tertiary/aromatic N) is 3. The first-order chi connectivity index (χ1) is 12.1. The molecule has 0 aliphatic carbocycles. The standard InChI is InChI=1S/C16H17BrFN3O4S/c1-9-19-15(14(17)20(9)2)26(24,25)21-7-6-12(13(21)16(22)23)10-4-3-5-11(18)8-10/h3-5,8,12-13H,6-7H2,1-2H3,(H,22,23). The minimum absolute atomic E-state index is 0.0164. The molecule has 2 unspecified atom stereocenters. The lowest BCUT2D eigenvalue weighted by Gasteiger charge is -2.23. The molecular formula is C16H17BrFN3O4S. The molecule has 1 aromatic heterocycles. The summed E-state index contributed by atoms with van der Waals surface area (Å²) >= 11 is 3.21. The van der Waals surface area contributed by atoms with Crippen LogP contribution in [0.5, 0.6) is 0 Å². The first kappa shape index (κ1) is 19.0. The van der Waals surface area contributed by atoms with Gasteiger partial charge >= 0.3 is 5.97 Å². The SMILES string of the molecule is Cc1nc(S(=O)(=O)N2CCC(c3cccc(F)c3)C2C(=O)O)c(Br)n1C. The zero-order valence-electron chi connectivity index (χ0n) is 14.1. The van der Waals surface area contributed by atoms with Gasteiger partial charge in [-0.3, -0.25) is 4.79 Å². The summed E-state index contributed by atoms with van der Waals surface area (Å²) in [6.45, 7) is 1.67. The molecule has 0 radical (unpaired) electrons. The molecular weight excluding hydrogens is 429 g/mol. The Morgan fingerprint density at radius 1 is 1.42 bits per heavy atom. The van der Waals surface area contributed by atoms with E-state index in [0.717, 1.165) is 4.31 Å². The van der Waals surface area contributed by atoms with Crippen LogP contribution in [0.3, 0.4) is 0 Å². The Bertz CT molecular complexity index is 976. The highest BCUT2D eigenvalue weighted by Crippen LogP contribution is 2.38. The number of sulfonamides is 1. The molecule has 26 heavy (non-hydrogen) atoms. The van der Waals surface area contributed by atoms with Gasteiger partial charge in [0, 0.05) is 19.5 Å². The number of carbonyl (C=O) groups is 1. The zero-order valence-corrected chi connectivity index (χ0v) is 16.5. The Morgan fingerprint density at radius 3 is 2.65 bits per heavy atom. The van der Waals surface area contributed by atoms with Gasteiger partial charge in [-0.2, -0.15) is 4.31 Å². The third-order valence-corrected chi connectivity index (χ3v) is 7.62. The fraction of sp³-hybridized carbons (Fsp3) is 0.375. The number of hydrogen-bond donors (Lipinski definition) is 1. The molecule has 1 aromatic carbocycles. The Morgan fingerprint density at radius 2 is 2.12 bits per heavy atom. The quantitative estimate of drug-likeness (QED) is 0.778. The fourth-order valence-corrected chi connectivity index (χ4v) is 5.90. The molecule has 10 heteroatoms. The summed E-state index contributed by atoms with van der Waals surface area (Å²) in [6.07, 6.45) is 0.281. The molecule has 1 fully saturated rings. The van der Waals surface area contributed by atoms with E-state index in [-0.39, 0.29) is 22.6 Å². The van der Waals surface area contributed by atoms with E-state index in [0.29, 0.717) is 11.4 Å². The monoisotopic (exact) mass is 445 g/mol. The van der Waals surface area contributed by atoms with Gasteiger partial charge < -0.3 is 9.67 Å². The van der Waals surface area contributed by atoms with Crippen molar-refractivity contribution in [3.63, 3.8) is 0 Å². The Hall–Kier alpha value is -1.78. The van der Waals surface area contributed by atoms with Crippen molar-refractivity contribution in [2.45, 2.75) is 30.3 Å². The van der Waals surface area contributed by atoms with Gasteiger partial charge in [-0.15, -0.1) is 0 Å². The van der Waals surface area contributed by atoms with Crippen LogP contribution in [0.2, 0.25) is 0 Å². The molecule has 2 atom stereocenters. The van der Waals surface area contributed by atoms with Crippen LogP contribution in [0.15, 0.2) is 33.9 Å². The summed E-state index contributed by atoms with van der Waals surface area (Å²) in [4.78, 5) is 15.9. The van der Waals surface area contributed by atoms with E-state index in [4.69, 9.17) is 0 Å². The van der Waals surface area contributed by atoms with Gasteiger partial charge in [0.25, 0.3) is 10.0 Å². The topological polar surface area (TPSA) is 92.5 Å². The van der Waals surface area contributed by atoms with Crippen molar-refractivity contribution in [3.8, 4) is 0 Å². The third kappa shape index (κ3) is 3.06. The van der Waals surface area contributed by atoms with Crippen LogP contribution >= 0.6 is 15.9 Å². The van der Waals surface area contributed by atoms with Gasteiger partial charge in [-0.1, -0.05) is 12.1 Å². The minimum Gasteiger partial charge on any atom is -0.480 e. The molecule has 140 valence electrons. The highest BCUT2D eigenvalue weighted by atomic mass is 79.9. The summed E-state index contributed by atoms with van der Waals surface area (Å²) in [5.41, 5.74) is 0.464. The lowest BCUT2D eigenvalue weighted by atomic mass is 9.92. The second-order valence-corrected chi connectivity index (χ2v) is 8.72. The number of halogens is 2. The molecule has 1 saturated heterocycles. The van der Waals surface area contributed by atoms with Crippen LogP contribution in [0.4, 0.5) is 4.39 Å². The van der Waals surface area contributed by atoms with Crippen LogP contribution in [-0.2, 0) is 21.9 Å². The second-order valence-electron chi connectivity index (χ2n) is 6.16. The number of carboxylic acid groups (broad SMARTS) is 1. The Labute approximate surface area is 158 Å². The lowest BCUT2D eigenvalue weighted by molar-refractivity contribution is -0.141. The molecule has 0 bridgehead atoms.